The zero-order chi connectivity index (χ0) is 20.1. The molecule has 0 spiro atoms. The largest absolute Gasteiger partial charge is 0.481 e. The summed E-state index contributed by atoms with van der Waals surface area (Å²) in [5, 5.41) is 16.8. The van der Waals surface area contributed by atoms with Crippen molar-refractivity contribution in [2.75, 3.05) is 0 Å². The molecule has 0 saturated carbocycles. The number of hydrazone groups is 1. The molecule has 0 fully saturated rings. The maximum atomic E-state index is 12.2. The molecule has 0 aliphatic rings. The Morgan fingerprint density at radius 2 is 1.93 bits per heavy atom. The van der Waals surface area contributed by atoms with E-state index in [1.807, 2.05) is 36.4 Å². The van der Waals surface area contributed by atoms with Gasteiger partial charge in [-0.2, -0.15) is 5.10 Å². The van der Waals surface area contributed by atoms with Crippen molar-refractivity contribution in [3.8, 4) is 5.75 Å². The number of carbonyl (C=O) groups excluding carboxylic acids is 1. The molecule has 1 atom stereocenters. The lowest BCUT2D eigenvalue weighted by Crippen LogP contribution is -2.33. The molecule has 0 saturated heterocycles. The van der Waals surface area contributed by atoms with Gasteiger partial charge in [-0.1, -0.05) is 48.0 Å². The Balaban J connectivity index is 1.61. The summed E-state index contributed by atoms with van der Waals surface area (Å²) < 4.78 is 5.66. The molecule has 1 amide bonds. The van der Waals surface area contributed by atoms with Gasteiger partial charge in [0.25, 0.3) is 11.6 Å². The number of hydrogen-bond donors (Lipinski definition) is 1. The van der Waals surface area contributed by atoms with Gasteiger partial charge in [-0.15, -0.1) is 0 Å². The summed E-state index contributed by atoms with van der Waals surface area (Å²) in [6.07, 6.45) is 0.516. The van der Waals surface area contributed by atoms with E-state index < -0.39 is 16.9 Å². The van der Waals surface area contributed by atoms with Crippen molar-refractivity contribution in [3.63, 3.8) is 0 Å². The third-order valence-electron chi connectivity index (χ3n) is 3.96. The normalized spacial score (nSPS) is 12.1. The lowest BCUT2D eigenvalue weighted by Gasteiger charge is -2.13. The van der Waals surface area contributed by atoms with Crippen molar-refractivity contribution in [2.45, 2.75) is 13.0 Å². The van der Waals surface area contributed by atoms with E-state index in [1.165, 1.54) is 18.3 Å². The van der Waals surface area contributed by atoms with Crippen LogP contribution in [0.1, 0.15) is 12.5 Å². The number of nitrogens with one attached hydrogen (secondary N) is 1. The third-order valence-corrected chi connectivity index (χ3v) is 4.28. The fourth-order valence-corrected chi connectivity index (χ4v) is 2.70. The molecular formula is C20H16ClN3O4. The highest BCUT2D eigenvalue weighted by atomic mass is 35.5. The number of ether oxygens (including phenoxy) is 1. The summed E-state index contributed by atoms with van der Waals surface area (Å²) in [6, 6.07) is 17.6. The second-order valence-electron chi connectivity index (χ2n) is 5.97. The van der Waals surface area contributed by atoms with Crippen LogP contribution in [0.15, 0.2) is 65.8 Å². The van der Waals surface area contributed by atoms with Gasteiger partial charge >= 0.3 is 0 Å². The van der Waals surface area contributed by atoms with Gasteiger partial charge in [0.1, 0.15) is 10.8 Å². The highest BCUT2D eigenvalue weighted by Gasteiger charge is 2.15. The first kappa shape index (κ1) is 19.3. The quantitative estimate of drug-likeness (QED) is 0.380. The number of nitro benzene ring substituents is 1. The Morgan fingerprint density at radius 3 is 2.68 bits per heavy atom. The number of fused-ring (bicyclic) bond motifs is 1. The van der Waals surface area contributed by atoms with Gasteiger partial charge < -0.3 is 4.74 Å². The monoisotopic (exact) mass is 397 g/mol. The summed E-state index contributed by atoms with van der Waals surface area (Å²) >= 11 is 5.76. The lowest BCUT2D eigenvalue weighted by atomic mass is 10.1. The molecule has 8 heteroatoms. The SMILES string of the molecule is C[C@H](Oc1ccc2ccccc2c1)C(=O)N/N=C\c1ccc(Cl)c([N+](=O)[O-])c1. The number of hydrogen-bond acceptors (Lipinski definition) is 5. The van der Waals surface area contributed by atoms with Crippen LogP contribution >= 0.6 is 11.6 Å². The third kappa shape index (κ3) is 4.63. The van der Waals surface area contributed by atoms with Crippen LogP contribution in [-0.4, -0.2) is 23.1 Å². The van der Waals surface area contributed by atoms with Gasteiger partial charge in [-0.05, 0) is 35.9 Å². The maximum Gasteiger partial charge on any atom is 0.288 e. The Labute approximate surface area is 165 Å². The molecule has 3 rings (SSSR count). The van der Waals surface area contributed by atoms with Crippen LogP contribution in [0.2, 0.25) is 5.02 Å². The molecule has 0 unspecified atom stereocenters. The summed E-state index contributed by atoms with van der Waals surface area (Å²) in [5.41, 5.74) is 2.55. The van der Waals surface area contributed by atoms with Crippen molar-refractivity contribution >= 4 is 40.2 Å². The molecule has 0 bridgehead atoms. The van der Waals surface area contributed by atoms with Gasteiger partial charge in [0.2, 0.25) is 0 Å². The minimum Gasteiger partial charge on any atom is -0.481 e. The highest BCUT2D eigenvalue weighted by Crippen LogP contribution is 2.24. The fourth-order valence-electron chi connectivity index (χ4n) is 2.51. The van der Waals surface area contributed by atoms with Crippen LogP contribution in [0, 0.1) is 10.1 Å². The molecule has 3 aromatic carbocycles. The molecular weight excluding hydrogens is 382 g/mol. The first-order valence-electron chi connectivity index (χ1n) is 8.36. The summed E-state index contributed by atoms with van der Waals surface area (Å²) in [6.45, 7) is 1.60. The van der Waals surface area contributed by atoms with E-state index in [2.05, 4.69) is 10.5 Å². The predicted molar refractivity (Wildman–Crippen MR) is 108 cm³/mol. The molecule has 0 aliphatic heterocycles. The summed E-state index contributed by atoms with van der Waals surface area (Å²) in [5.74, 6) is 0.117. The molecule has 7 nitrogen and oxygen atoms in total. The van der Waals surface area contributed by atoms with Gasteiger partial charge in [0.05, 0.1) is 11.1 Å². The minimum absolute atomic E-state index is 0.0311. The molecule has 1 N–H and O–H groups in total. The average Bonchev–Trinajstić information content (AvgIpc) is 2.68. The van der Waals surface area contributed by atoms with E-state index in [9.17, 15) is 14.9 Å². The fraction of sp³-hybridized carbons (Fsp3) is 0.100. The molecule has 0 aliphatic carbocycles. The Kier molecular flexibility index (Phi) is 5.86. The van der Waals surface area contributed by atoms with Crippen LogP contribution in [0.25, 0.3) is 10.8 Å². The summed E-state index contributed by atoms with van der Waals surface area (Å²) in [4.78, 5) is 22.5. The molecule has 28 heavy (non-hydrogen) atoms. The zero-order valence-electron chi connectivity index (χ0n) is 14.8. The number of benzene rings is 3. The molecule has 142 valence electrons. The van der Waals surface area contributed by atoms with Crippen LogP contribution in [0.3, 0.4) is 0 Å². The number of amides is 1. The number of nitrogens with zero attached hydrogens (tertiary/aromatic N) is 2. The first-order chi connectivity index (χ1) is 13.4. The Bertz CT molecular complexity index is 1070. The number of rotatable bonds is 6. The van der Waals surface area contributed by atoms with Crippen molar-refractivity contribution < 1.29 is 14.5 Å². The summed E-state index contributed by atoms with van der Waals surface area (Å²) in [7, 11) is 0. The van der Waals surface area contributed by atoms with E-state index >= 15 is 0 Å². The van der Waals surface area contributed by atoms with Gasteiger partial charge in [0, 0.05) is 11.6 Å². The molecule has 0 aromatic heterocycles. The van der Waals surface area contributed by atoms with E-state index in [0.29, 0.717) is 11.3 Å². The Hall–Kier alpha value is -3.45. The van der Waals surface area contributed by atoms with Crippen LogP contribution in [-0.2, 0) is 4.79 Å². The van der Waals surface area contributed by atoms with Crippen molar-refractivity contribution in [1.82, 2.24) is 5.43 Å². The highest BCUT2D eigenvalue weighted by molar-refractivity contribution is 6.32. The molecule has 3 aromatic rings. The second kappa shape index (κ2) is 8.49. The average molecular weight is 398 g/mol. The van der Waals surface area contributed by atoms with E-state index in [-0.39, 0.29) is 10.7 Å². The topological polar surface area (TPSA) is 93.8 Å². The minimum atomic E-state index is -0.780. The van der Waals surface area contributed by atoms with Gasteiger partial charge in [0.15, 0.2) is 6.10 Å². The second-order valence-corrected chi connectivity index (χ2v) is 6.38. The van der Waals surface area contributed by atoms with E-state index in [4.69, 9.17) is 16.3 Å². The predicted octanol–water partition coefficient (Wildman–Crippen LogP) is 4.32. The van der Waals surface area contributed by atoms with Crippen molar-refractivity contribution in [1.29, 1.82) is 0 Å². The first-order valence-corrected chi connectivity index (χ1v) is 8.74. The van der Waals surface area contributed by atoms with Crippen molar-refractivity contribution in [2.24, 2.45) is 5.10 Å². The van der Waals surface area contributed by atoms with Gasteiger partial charge in [-0.3, -0.25) is 14.9 Å². The van der Waals surface area contributed by atoms with Gasteiger partial charge in [-0.25, -0.2) is 5.43 Å². The van der Waals surface area contributed by atoms with E-state index in [1.54, 1.807) is 19.1 Å². The molecule has 0 heterocycles. The zero-order valence-corrected chi connectivity index (χ0v) is 15.6. The lowest BCUT2D eigenvalue weighted by molar-refractivity contribution is -0.384. The number of halogens is 1. The van der Waals surface area contributed by atoms with Crippen LogP contribution in [0.4, 0.5) is 5.69 Å². The van der Waals surface area contributed by atoms with Crippen molar-refractivity contribution in [3.05, 3.63) is 81.4 Å². The maximum absolute atomic E-state index is 12.2. The van der Waals surface area contributed by atoms with E-state index in [0.717, 1.165) is 10.8 Å². The standard InChI is InChI=1S/C20H16ClN3O4/c1-13(28-17-8-7-15-4-2-3-5-16(15)11-17)20(25)23-22-12-14-6-9-18(21)19(10-14)24(26)27/h2-13H,1H3,(H,23,25)/b22-12-/t13-/m0/s1. The van der Waals surface area contributed by atoms with Crippen LogP contribution < -0.4 is 10.2 Å². The van der Waals surface area contributed by atoms with Crippen LogP contribution in [0.5, 0.6) is 5.75 Å². The number of carbonyl (C=O) groups is 1. The smallest absolute Gasteiger partial charge is 0.288 e. The Morgan fingerprint density at radius 1 is 1.18 bits per heavy atom. The number of nitro groups is 1. The molecule has 0 radical (unpaired) electrons.